The van der Waals surface area contributed by atoms with Gasteiger partial charge < -0.3 is 10.2 Å². The van der Waals surface area contributed by atoms with Gasteiger partial charge in [0.05, 0.1) is 11.3 Å². The van der Waals surface area contributed by atoms with Gasteiger partial charge in [-0.3, -0.25) is 19.7 Å². The van der Waals surface area contributed by atoms with Crippen LogP contribution in [0.3, 0.4) is 0 Å². The first-order valence-electron chi connectivity index (χ1n) is 9.87. The standard InChI is InChI=1S/C22H26ClN3O4/c1-3-4-13-24-22(28)16(2)25(15-17-9-11-19(23)12-10-17)21(27)14-18-7-5-6-8-20(18)26(29)30/h5-12,16H,3-4,13-15H2,1-2H3,(H,24,28)/t16-/m1/s1. The molecule has 0 spiro atoms. The fourth-order valence-electron chi connectivity index (χ4n) is 3.01. The Bertz CT molecular complexity index is 886. The molecule has 0 radical (unpaired) electrons. The molecule has 160 valence electrons. The van der Waals surface area contributed by atoms with Crippen LogP contribution in [0.1, 0.15) is 37.8 Å². The molecule has 1 N–H and O–H groups in total. The molecule has 2 rings (SSSR count). The quantitative estimate of drug-likeness (QED) is 0.348. The summed E-state index contributed by atoms with van der Waals surface area (Å²) >= 11 is 5.94. The van der Waals surface area contributed by atoms with E-state index in [0.717, 1.165) is 18.4 Å². The molecule has 0 heterocycles. The summed E-state index contributed by atoms with van der Waals surface area (Å²) < 4.78 is 0. The Labute approximate surface area is 181 Å². The van der Waals surface area contributed by atoms with Crippen molar-refractivity contribution in [2.75, 3.05) is 6.54 Å². The van der Waals surface area contributed by atoms with E-state index in [4.69, 9.17) is 11.6 Å². The lowest BCUT2D eigenvalue weighted by Crippen LogP contribution is -2.48. The van der Waals surface area contributed by atoms with Crippen LogP contribution in [-0.4, -0.2) is 34.2 Å². The molecular formula is C22H26ClN3O4. The summed E-state index contributed by atoms with van der Waals surface area (Å²) in [6.07, 6.45) is 1.62. The normalized spacial score (nSPS) is 11.6. The SMILES string of the molecule is CCCCNC(=O)[C@@H](C)N(Cc1ccc(Cl)cc1)C(=O)Cc1ccccc1[N+](=O)[O-]. The van der Waals surface area contributed by atoms with Crippen LogP contribution in [-0.2, 0) is 22.6 Å². The summed E-state index contributed by atoms with van der Waals surface area (Å²) in [5, 5.41) is 14.7. The number of para-hydroxylation sites is 1. The fourth-order valence-corrected chi connectivity index (χ4v) is 3.13. The van der Waals surface area contributed by atoms with Gasteiger partial charge in [0.15, 0.2) is 0 Å². The van der Waals surface area contributed by atoms with Gasteiger partial charge in [0, 0.05) is 29.7 Å². The Morgan fingerprint density at radius 3 is 2.47 bits per heavy atom. The maximum Gasteiger partial charge on any atom is 0.273 e. The molecule has 0 unspecified atom stereocenters. The molecule has 1 atom stereocenters. The number of amides is 2. The molecule has 0 fully saturated rings. The molecule has 0 aliphatic heterocycles. The number of hydrogen-bond donors (Lipinski definition) is 1. The highest BCUT2D eigenvalue weighted by Gasteiger charge is 2.27. The monoisotopic (exact) mass is 431 g/mol. The van der Waals surface area contributed by atoms with Crippen LogP contribution >= 0.6 is 11.6 Å². The Balaban J connectivity index is 2.25. The number of carbonyl (C=O) groups excluding carboxylic acids is 2. The van der Waals surface area contributed by atoms with Crippen molar-refractivity contribution >= 4 is 29.1 Å². The van der Waals surface area contributed by atoms with E-state index in [-0.39, 0.29) is 30.5 Å². The first-order chi connectivity index (χ1) is 14.3. The Hall–Kier alpha value is -2.93. The minimum absolute atomic E-state index is 0.114. The zero-order valence-electron chi connectivity index (χ0n) is 17.1. The zero-order valence-corrected chi connectivity index (χ0v) is 17.9. The Morgan fingerprint density at radius 2 is 1.83 bits per heavy atom. The average molecular weight is 432 g/mol. The summed E-state index contributed by atoms with van der Waals surface area (Å²) in [5.41, 5.74) is 1.01. The third kappa shape index (κ3) is 6.56. The summed E-state index contributed by atoms with van der Waals surface area (Å²) in [5.74, 6) is -0.620. The summed E-state index contributed by atoms with van der Waals surface area (Å²) in [6.45, 7) is 4.42. The molecule has 0 aliphatic carbocycles. The van der Waals surface area contributed by atoms with Crippen LogP contribution in [0, 0.1) is 10.1 Å². The van der Waals surface area contributed by atoms with E-state index in [9.17, 15) is 19.7 Å². The number of nitrogens with one attached hydrogen (secondary N) is 1. The van der Waals surface area contributed by atoms with E-state index in [1.165, 1.54) is 11.0 Å². The Kier molecular flexibility index (Phi) is 8.80. The van der Waals surface area contributed by atoms with Crippen molar-refractivity contribution in [2.24, 2.45) is 0 Å². The summed E-state index contributed by atoms with van der Waals surface area (Å²) in [4.78, 5) is 38.0. The highest BCUT2D eigenvalue weighted by Crippen LogP contribution is 2.21. The molecule has 8 heteroatoms. The highest BCUT2D eigenvalue weighted by atomic mass is 35.5. The maximum absolute atomic E-state index is 13.1. The zero-order chi connectivity index (χ0) is 22.1. The molecule has 0 aliphatic rings. The van der Waals surface area contributed by atoms with Crippen molar-refractivity contribution in [3.8, 4) is 0 Å². The summed E-state index contributed by atoms with van der Waals surface area (Å²) in [7, 11) is 0. The number of hydrogen-bond acceptors (Lipinski definition) is 4. The van der Waals surface area contributed by atoms with Crippen molar-refractivity contribution < 1.29 is 14.5 Å². The molecule has 0 bridgehead atoms. The number of nitrogens with zero attached hydrogens (tertiary/aromatic N) is 2. The van der Waals surface area contributed by atoms with E-state index in [0.29, 0.717) is 17.1 Å². The number of rotatable bonds is 10. The minimum atomic E-state index is -0.729. The predicted molar refractivity (Wildman–Crippen MR) is 116 cm³/mol. The van der Waals surface area contributed by atoms with E-state index < -0.39 is 11.0 Å². The number of halogens is 1. The van der Waals surface area contributed by atoms with Gasteiger partial charge in [-0.25, -0.2) is 0 Å². The molecule has 0 saturated carbocycles. The Morgan fingerprint density at radius 1 is 1.17 bits per heavy atom. The second-order valence-electron chi connectivity index (χ2n) is 7.03. The number of nitro groups is 1. The maximum atomic E-state index is 13.1. The molecule has 2 amide bonds. The first-order valence-corrected chi connectivity index (χ1v) is 10.2. The third-order valence-electron chi connectivity index (χ3n) is 4.79. The van der Waals surface area contributed by atoms with E-state index in [1.807, 2.05) is 6.92 Å². The molecular weight excluding hydrogens is 406 g/mol. The number of carbonyl (C=O) groups is 2. The largest absolute Gasteiger partial charge is 0.354 e. The lowest BCUT2D eigenvalue weighted by molar-refractivity contribution is -0.385. The van der Waals surface area contributed by atoms with Gasteiger partial charge in [-0.05, 0) is 31.0 Å². The lowest BCUT2D eigenvalue weighted by Gasteiger charge is -2.29. The van der Waals surface area contributed by atoms with E-state index in [2.05, 4.69) is 5.32 Å². The van der Waals surface area contributed by atoms with Crippen LogP contribution in [0.4, 0.5) is 5.69 Å². The number of benzene rings is 2. The second kappa shape index (κ2) is 11.3. The number of unbranched alkanes of at least 4 members (excludes halogenated alkanes) is 1. The van der Waals surface area contributed by atoms with Crippen LogP contribution < -0.4 is 5.32 Å². The van der Waals surface area contributed by atoms with E-state index in [1.54, 1.807) is 49.4 Å². The predicted octanol–water partition coefficient (Wildman–Crippen LogP) is 4.12. The van der Waals surface area contributed by atoms with Gasteiger partial charge in [-0.2, -0.15) is 0 Å². The molecule has 2 aromatic rings. The van der Waals surface area contributed by atoms with Crippen molar-refractivity contribution in [1.29, 1.82) is 0 Å². The van der Waals surface area contributed by atoms with Crippen LogP contribution in [0.2, 0.25) is 5.02 Å². The van der Waals surface area contributed by atoms with E-state index >= 15 is 0 Å². The van der Waals surface area contributed by atoms with Crippen LogP contribution in [0.5, 0.6) is 0 Å². The third-order valence-corrected chi connectivity index (χ3v) is 5.05. The molecule has 30 heavy (non-hydrogen) atoms. The second-order valence-corrected chi connectivity index (χ2v) is 7.47. The van der Waals surface area contributed by atoms with Gasteiger partial charge in [0.2, 0.25) is 11.8 Å². The molecule has 2 aromatic carbocycles. The van der Waals surface area contributed by atoms with Gasteiger partial charge in [-0.1, -0.05) is 55.3 Å². The fraction of sp³-hybridized carbons (Fsp3) is 0.364. The van der Waals surface area contributed by atoms with Crippen molar-refractivity contribution in [2.45, 2.75) is 45.7 Å². The average Bonchev–Trinajstić information content (AvgIpc) is 2.73. The lowest BCUT2D eigenvalue weighted by atomic mass is 10.1. The molecule has 7 nitrogen and oxygen atoms in total. The first kappa shape index (κ1) is 23.3. The van der Waals surface area contributed by atoms with Gasteiger partial charge in [0.1, 0.15) is 6.04 Å². The van der Waals surface area contributed by atoms with Gasteiger partial charge >= 0.3 is 0 Å². The van der Waals surface area contributed by atoms with Gasteiger partial charge in [-0.15, -0.1) is 0 Å². The van der Waals surface area contributed by atoms with Gasteiger partial charge in [0.25, 0.3) is 5.69 Å². The van der Waals surface area contributed by atoms with Crippen molar-refractivity contribution in [3.05, 3.63) is 74.8 Å². The highest BCUT2D eigenvalue weighted by molar-refractivity contribution is 6.30. The molecule has 0 saturated heterocycles. The van der Waals surface area contributed by atoms with Crippen molar-refractivity contribution in [1.82, 2.24) is 10.2 Å². The number of nitro benzene ring substituents is 1. The smallest absolute Gasteiger partial charge is 0.273 e. The van der Waals surface area contributed by atoms with Crippen LogP contribution in [0.25, 0.3) is 0 Å². The summed E-state index contributed by atoms with van der Waals surface area (Å²) in [6, 6.07) is 12.4. The minimum Gasteiger partial charge on any atom is -0.354 e. The van der Waals surface area contributed by atoms with Crippen molar-refractivity contribution in [3.63, 3.8) is 0 Å². The topological polar surface area (TPSA) is 92.6 Å². The van der Waals surface area contributed by atoms with Crippen LogP contribution in [0.15, 0.2) is 48.5 Å². The molecule has 0 aromatic heterocycles.